The third-order valence-corrected chi connectivity index (χ3v) is 3.86. The van der Waals surface area contributed by atoms with Crippen LogP contribution in [-0.4, -0.2) is 30.4 Å². The number of amides is 1. The number of nitrogens with two attached hydrogens (primary N) is 1. The van der Waals surface area contributed by atoms with Crippen LogP contribution in [0.3, 0.4) is 0 Å². The molecule has 20 heavy (non-hydrogen) atoms. The highest BCUT2D eigenvalue weighted by atomic mass is 16.1. The first kappa shape index (κ1) is 15.0. The molecule has 0 radical (unpaired) electrons. The average Bonchev–Trinajstić information content (AvgIpc) is 2.97. The Morgan fingerprint density at radius 2 is 2.05 bits per heavy atom. The lowest BCUT2D eigenvalue weighted by atomic mass is 10.1. The van der Waals surface area contributed by atoms with Gasteiger partial charge in [-0.25, -0.2) is 0 Å². The second-order valence-electron chi connectivity index (χ2n) is 5.66. The minimum absolute atomic E-state index is 0.0254. The number of hydrogen-bond donors (Lipinski definition) is 2. The maximum atomic E-state index is 11.7. The van der Waals surface area contributed by atoms with Crippen molar-refractivity contribution in [1.29, 1.82) is 0 Å². The molecule has 1 atom stereocenters. The van der Waals surface area contributed by atoms with E-state index >= 15 is 0 Å². The summed E-state index contributed by atoms with van der Waals surface area (Å²) in [6, 6.07) is 8.47. The lowest BCUT2D eigenvalue weighted by molar-refractivity contribution is -0.124. The first-order valence-corrected chi connectivity index (χ1v) is 7.47. The summed E-state index contributed by atoms with van der Waals surface area (Å²) >= 11 is 0. The smallest absolute Gasteiger partial charge is 0.224 e. The molecule has 1 aromatic carbocycles. The molecule has 4 nitrogen and oxygen atoms in total. The van der Waals surface area contributed by atoms with Crippen LogP contribution < -0.4 is 11.1 Å². The Morgan fingerprint density at radius 3 is 2.75 bits per heavy atom. The van der Waals surface area contributed by atoms with Crippen LogP contribution in [0.25, 0.3) is 0 Å². The van der Waals surface area contributed by atoms with Gasteiger partial charge in [-0.3, -0.25) is 9.69 Å². The molecule has 2 rings (SSSR count). The Kier molecular flexibility index (Phi) is 5.56. The molecule has 0 saturated carbocycles. The van der Waals surface area contributed by atoms with Crippen LogP contribution >= 0.6 is 0 Å². The summed E-state index contributed by atoms with van der Waals surface area (Å²) in [7, 11) is 0. The van der Waals surface area contributed by atoms with Gasteiger partial charge in [0.2, 0.25) is 5.91 Å². The highest BCUT2D eigenvalue weighted by Gasteiger charge is 2.12. The van der Waals surface area contributed by atoms with Crippen LogP contribution in [-0.2, 0) is 17.9 Å². The molecule has 0 spiro atoms. The van der Waals surface area contributed by atoms with Crippen molar-refractivity contribution in [3.8, 4) is 0 Å². The van der Waals surface area contributed by atoms with E-state index < -0.39 is 0 Å². The maximum Gasteiger partial charge on any atom is 0.224 e. The zero-order chi connectivity index (χ0) is 14.4. The second-order valence-corrected chi connectivity index (χ2v) is 5.66. The van der Waals surface area contributed by atoms with Crippen LogP contribution in [0.2, 0.25) is 0 Å². The molecule has 3 N–H and O–H groups in total. The highest BCUT2D eigenvalue weighted by Crippen LogP contribution is 2.13. The summed E-state index contributed by atoms with van der Waals surface area (Å²) in [6.45, 7) is 6.24. The van der Waals surface area contributed by atoms with Crippen molar-refractivity contribution in [2.75, 3.05) is 19.6 Å². The van der Waals surface area contributed by atoms with Crippen LogP contribution in [0.4, 0.5) is 0 Å². The third-order valence-electron chi connectivity index (χ3n) is 3.86. The van der Waals surface area contributed by atoms with Gasteiger partial charge in [-0.1, -0.05) is 31.2 Å². The molecule has 1 fully saturated rings. The van der Waals surface area contributed by atoms with E-state index in [9.17, 15) is 4.79 Å². The first-order chi connectivity index (χ1) is 9.69. The van der Waals surface area contributed by atoms with Crippen molar-refractivity contribution in [1.82, 2.24) is 10.2 Å². The Hall–Kier alpha value is -1.39. The topological polar surface area (TPSA) is 58.4 Å². The molecule has 1 aromatic rings. The molecule has 1 unspecified atom stereocenters. The Bertz CT molecular complexity index is 441. The lowest BCUT2D eigenvalue weighted by Crippen LogP contribution is -2.32. The van der Waals surface area contributed by atoms with Crippen LogP contribution in [0.5, 0.6) is 0 Å². The number of nitrogens with one attached hydrogen (secondary N) is 1. The molecule has 110 valence electrons. The van der Waals surface area contributed by atoms with Crippen molar-refractivity contribution >= 4 is 5.91 Å². The van der Waals surface area contributed by atoms with E-state index in [1.165, 1.54) is 31.5 Å². The van der Waals surface area contributed by atoms with Gasteiger partial charge in [-0.15, -0.1) is 0 Å². The quantitative estimate of drug-likeness (QED) is 0.827. The zero-order valence-corrected chi connectivity index (χ0v) is 12.3. The summed E-state index contributed by atoms with van der Waals surface area (Å²) < 4.78 is 0. The van der Waals surface area contributed by atoms with E-state index in [0.29, 0.717) is 13.1 Å². The van der Waals surface area contributed by atoms with E-state index in [0.717, 1.165) is 12.1 Å². The molecule has 1 aliphatic rings. The number of carbonyl (C=O) groups is 1. The number of likely N-dealkylation sites (tertiary alicyclic amines) is 1. The third kappa shape index (κ3) is 4.32. The molecular weight excluding hydrogens is 250 g/mol. The van der Waals surface area contributed by atoms with Gasteiger partial charge < -0.3 is 11.1 Å². The zero-order valence-electron chi connectivity index (χ0n) is 12.3. The van der Waals surface area contributed by atoms with Gasteiger partial charge in [0.25, 0.3) is 0 Å². The normalized spacial score (nSPS) is 17.1. The van der Waals surface area contributed by atoms with Gasteiger partial charge in [-0.2, -0.15) is 0 Å². The fourth-order valence-corrected chi connectivity index (χ4v) is 2.51. The average molecular weight is 275 g/mol. The molecule has 0 bridgehead atoms. The van der Waals surface area contributed by atoms with E-state index in [2.05, 4.69) is 34.5 Å². The number of rotatable bonds is 6. The summed E-state index contributed by atoms with van der Waals surface area (Å²) in [4.78, 5) is 14.2. The van der Waals surface area contributed by atoms with E-state index in [1.807, 2.05) is 6.92 Å². The maximum absolute atomic E-state index is 11.7. The number of hydrogen-bond acceptors (Lipinski definition) is 3. The van der Waals surface area contributed by atoms with Crippen LogP contribution in [0.1, 0.15) is 30.9 Å². The summed E-state index contributed by atoms with van der Waals surface area (Å²) in [5.74, 6) is -0.0970. The predicted molar refractivity (Wildman–Crippen MR) is 81.0 cm³/mol. The standard InChI is InChI=1S/C16H25N3O/c1-13(10-17)16(20)18-11-14-5-4-6-15(9-14)12-19-7-2-3-8-19/h4-6,9,13H,2-3,7-8,10-12,17H2,1H3,(H,18,20). The van der Waals surface area contributed by atoms with E-state index in [1.54, 1.807) is 0 Å². The summed E-state index contributed by atoms with van der Waals surface area (Å²) in [5, 5.41) is 2.94. The molecular formula is C16H25N3O. The largest absolute Gasteiger partial charge is 0.352 e. The second kappa shape index (κ2) is 7.41. The molecule has 4 heteroatoms. The van der Waals surface area contributed by atoms with Gasteiger partial charge in [0, 0.05) is 25.6 Å². The number of carbonyl (C=O) groups excluding carboxylic acids is 1. The highest BCUT2D eigenvalue weighted by molar-refractivity contribution is 5.78. The summed E-state index contributed by atoms with van der Waals surface area (Å²) in [6.07, 6.45) is 2.62. The number of nitrogens with zero attached hydrogens (tertiary/aromatic N) is 1. The minimum atomic E-state index is -0.122. The van der Waals surface area contributed by atoms with Gasteiger partial charge >= 0.3 is 0 Å². The SMILES string of the molecule is CC(CN)C(=O)NCc1cccc(CN2CCCC2)c1. The van der Waals surface area contributed by atoms with Crippen molar-refractivity contribution in [3.63, 3.8) is 0 Å². The van der Waals surface area contributed by atoms with E-state index in [4.69, 9.17) is 5.73 Å². The minimum Gasteiger partial charge on any atom is -0.352 e. The van der Waals surface area contributed by atoms with Gasteiger partial charge in [0.05, 0.1) is 0 Å². The Balaban J connectivity index is 1.87. The monoisotopic (exact) mass is 275 g/mol. The van der Waals surface area contributed by atoms with E-state index in [-0.39, 0.29) is 11.8 Å². The Labute approximate surface area is 121 Å². The lowest BCUT2D eigenvalue weighted by Gasteiger charge is -2.15. The van der Waals surface area contributed by atoms with Crippen LogP contribution in [0.15, 0.2) is 24.3 Å². The number of benzene rings is 1. The molecule has 0 aromatic heterocycles. The van der Waals surface area contributed by atoms with Gasteiger partial charge in [0.1, 0.15) is 0 Å². The van der Waals surface area contributed by atoms with Gasteiger partial charge in [-0.05, 0) is 37.1 Å². The molecule has 1 saturated heterocycles. The fraction of sp³-hybridized carbons (Fsp3) is 0.562. The first-order valence-electron chi connectivity index (χ1n) is 7.47. The van der Waals surface area contributed by atoms with Crippen LogP contribution in [0, 0.1) is 5.92 Å². The fourth-order valence-electron chi connectivity index (χ4n) is 2.51. The van der Waals surface area contributed by atoms with Crippen molar-refractivity contribution in [3.05, 3.63) is 35.4 Å². The molecule has 0 aliphatic carbocycles. The molecule has 1 aliphatic heterocycles. The predicted octanol–water partition coefficient (Wildman–Crippen LogP) is 1.49. The molecule has 1 heterocycles. The Morgan fingerprint density at radius 1 is 1.35 bits per heavy atom. The summed E-state index contributed by atoms with van der Waals surface area (Å²) in [5.41, 5.74) is 7.97. The van der Waals surface area contributed by atoms with Crippen molar-refractivity contribution in [2.24, 2.45) is 11.7 Å². The van der Waals surface area contributed by atoms with Gasteiger partial charge in [0.15, 0.2) is 0 Å². The van der Waals surface area contributed by atoms with Crippen molar-refractivity contribution in [2.45, 2.75) is 32.9 Å². The molecule has 1 amide bonds. The van der Waals surface area contributed by atoms with Crippen molar-refractivity contribution < 1.29 is 4.79 Å².